The van der Waals surface area contributed by atoms with Crippen LogP contribution in [0.4, 0.5) is 0 Å². The SMILES string of the molecule is C=C(C(C)C1(O)O[C@H]2C[C@@]3(C)[C@@H]4CC[C@H]5[C@H](C)C(=O)C=C[C@@]56C[C@@]46CC[C@]3(C)[C@H]2[C@@H]1C)[C@@H](C)CO. The van der Waals surface area contributed by atoms with Gasteiger partial charge in [0.15, 0.2) is 11.6 Å². The number of aliphatic hydroxyl groups is 2. The molecule has 0 aromatic carbocycles. The highest BCUT2D eigenvalue weighted by Crippen LogP contribution is 2.87. The monoisotopic (exact) mass is 482 g/mol. The molecular formula is C31H46O4. The number of hydrogen-bond donors (Lipinski definition) is 2. The molecule has 4 nitrogen and oxygen atoms in total. The van der Waals surface area contributed by atoms with Crippen molar-refractivity contribution in [3.05, 3.63) is 24.3 Å². The van der Waals surface area contributed by atoms with E-state index in [1.54, 1.807) is 0 Å². The van der Waals surface area contributed by atoms with Crippen molar-refractivity contribution in [2.24, 2.45) is 63.1 Å². The fraction of sp³-hybridized carbons (Fsp3) is 0.839. The van der Waals surface area contributed by atoms with Crippen LogP contribution in [0.5, 0.6) is 0 Å². The lowest BCUT2D eigenvalue weighted by Crippen LogP contribution is -2.56. The number of allylic oxidation sites excluding steroid dienone is 2. The van der Waals surface area contributed by atoms with Gasteiger partial charge in [-0.15, -0.1) is 0 Å². The summed E-state index contributed by atoms with van der Waals surface area (Å²) in [7, 11) is 0. The van der Waals surface area contributed by atoms with E-state index in [1.165, 1.54) is 32.1 Å². The van der Waals surface area contributed by atoms with Crippen molar-refractivity contribution in [1.29, 1.82) is 0 Å². The fourth-order valence-corrected chi connectivity index (χ4v) is 11.3. The summed E-state index contributed by atoms with van der Waals surface area (Å²) in [6.07, 6.45) is 11.4. The largest absolute Gasteiger partial charge is 0.396 e. The zero-order valence-electron chi connectivity index (χ0n) is 22.6. The number of fused-ring (bicyclic) bond motifs is 4. The Morgan fingerprint density at radius 1 is 1.20 bits per heavy atom. The molecule has 1 saturated heterocycles. The molecule has 0 radical (unpaired) electrons. The van der Waals surface area contributed by atoms with Crippen LogP contribution in [0.2, 0.25) is 0 Å². The number of ketones is 1. The van der Waals surface area contributed by atoms with E-state index in [-0.39, 0.29) is 52.6 Å². The first-order valence-corrected chi connectivity index (χ1v) is 14.3. The van der Waals surface area contributed by atoms with Gasteiger partial charge in [0.25, 0.3) is 0 Å². The highest BCUT2D eigenvalue weighted by atomic mass is 16.6. The van der Waals surface area contributed by atoms with Crippen LogP contribution in [-0.4, -0.2) is 34.5 Å². The molecule has 2 unspecified atom stereocenters. The normalized spacial score (nSPS) is 57.4. The Balaban J connectivity index is 1.32. The van der Waals surface area contributed by atoms with Crippen LogP contribution in [0.3, 0.4) is 0 Å². The highest BCUT2D eigenvalue weighted by molar-refractivity contribution is 5.93. The minimum Gasteiger partial charge on any atom is -0.396 e. The maximum absolute atomic E-state index is 12.5. The number of ether oxygens (including phenoxy) is 1. The molecule has 5 aliphatic carbocycles. The number of rotatable bonds is 4. The molecular weight excluding hydrogens is 436 g/mol. The average Bonchev–Trinajstić information content (AvgIpc) is 3.34. The molecule has 6 rings (SSSR count). The third kappa shape index (κ3) is 2.58. The summed E-state index contributed by atoms with van der Waals surface area (Å²) in [6, 6.07) is 0. The number of aliphatic hydroxyl groups excluding tert-OH is 1. The minimum atomic E-state index is -1.23. The van der Waals surface area contributed by atoms with E-state index in [0.717, 1.165) is 12.0 Å². The van der Waals surface area contributed by atoms with Crippen molar-refractivity contribution in [2.75, 3.05) is 6.61 Å². The zero-order chi connectivity index (χ0) is 25.3. The molecule has 2 spiro atoms. The summed E-state index contributed by atoms with van der Waals surface area (Å²) < 4.78 is 6.70. The van der Waals surface area contributed by atoms with Crippen molar-refractivity contribution >= 4 is 5.78 Å². The quantitative estimate of drug-likeness (QED) is 0.517. The van der Waals surface area contributed by atoms with E-state index >= 15 is 0 Å². The fourth-order valence-electron chi connectivity index (χ4n) is 11.3. The van der Waals surface area contributed by atoms with Crippen molar-refractivity contribution in [2.45, 2.75) is 92.0 Å². The molecule has 13 atom stereocenters. The zero-order valence-corrected chi connectivity index (χ0v) is 22.6. The van der Waals surface area contributed by atoms with Gasteiger partial charge < -0.3 is 14.9 Å². The smallest absolute Gasteiger partial charge is 0.175 e. The molecule has 2 N–H and O–H groups in total. The van der Waals surface area contributed by atoms with Gasteiger partial charge in [-0.3, -0.25) is 4.79 Å². The Morgan fingerprint density at radius 2 is 1.91 bits per heavy atom. The lowest BCUT2D eigenvalue weighted by atomic mass is 9.43. The average molecular weight is 483 g/mol. The Hall–Kier alpha value is -0.970. The van der Waals surface area contributed by atoms with Crippen molar-refractivity contribution in [3.8, 4) is 0 Å². The maximum Gasteiger partial charge on any atom is 0.175 e. The van der Waals surface area contributed by atoms with Crippen LogP contribution >= 0.6 is 0 Å². The lowest BCUT2D eigenvalue weighted by Gasteiger charge is -2.61. The number of hydrogen-bond acceptors (Lipinski definition) is 4. The first-order chi connectivity index (χ1) is 16.3. The topological polar surface area (TPSA) is 66.8 Å². The summed E-state index contributed by atoms with van der Waals surface area (Å²) in [5, 5.41) is 21.6. The molecule has 1 heterocycles. The standard InChI is InChI=1S/C31H46O4/c1-17(15-32)18(2)20(4)31(34)21(5)26-24(35-31)14-28(7)25-9-8-22-19(3)23(33)10-11-29(22)16-30(25,29)13-12-27(26,28)6/h10-11,17,19-22,24-26,32,34H,2,8-9,12-16H2,1,3-7H3/t17-,19-,20?,21-,22-,24-,25-,26-,27+,28-,29+,30-,31?/m0/s1. The number of carbonyl (C=O) groups is 1. The molecule has 4 heteroatoms. The molecule has 0 bridgehead atoms. The van der Waals surface area contributed by atoms with E-state index < -0.39 is 5.79 Å². The van der Waals surface area contributed by atoms with Gasteiger partial charge in [-0.05, 0) is 84.0 Å². The Labute approximate surface area is 211 Å². The summed E-state index contributed by atoms with van der Waals surface area (Å²) in [6.45, 7) is 17.7. The molecule has 0 amide bonds. The molecule has 0 aromatic rings. The van der Waals surface area contributed by atoms with E-state index in [4.69, 9.17) is 4.74 Å². The highest BCUT2D eigenvalue weighted by Gasteiger charge is 2.82. The van der Waals surface area contributed by atoms with Crippen LogP contribution < -0.4 is 0 Å². The molecule has 0 aromatic heterocycles. The maximum atomic E-state index is 12.5. The summed E-state index contributed by atoms with van der Waals surface area (Å²) >= 11 is 0. The van der Waals surface area contributed by atoms with Gasteiger partial charge in [0.1, 0.15) is 0 Å². The molecule has 6 aliphatic rings. The van der Waals surface area contributed by atoms with Gasteiger partial charge in [-0.25, -0.2) is 0 Å². The van der Waals surface area contributed by atoms with Gasteiger partial charge in [0, 0.05) is 30.3 Å². The van der Waals surface area contributed by atoms with Gasteiger partial charge in [0.05, 0.1) is 6.10 Å². The van der Waals surface area contributed by atoms with Crippen LogP contribution in [0.15, 0.2) is 24.3 Å². The van der Waals surface area contributed by atoms with Gasteiger partial charge in [-0.1, -0.05) is 59.8 Å². The van der Waals surface area contributed by atoms with Crippen LogP contribution in [0.1, 0.15) is 80.1 Å². The van der Waals surface area contributed by atoms with Crippen LogP contribution in [-0.2, 0) is 9.53 Å². The van der Waals surface area contributed by atoms with Crippen molar-refractivity contribution < 1.29 is 19.7 Å². The first-order valence-electron chi connectivity index (χ1n) is 14.3. The van der Waals surface area contributed by atoms with Gasteiger partial charge in [0.2, 0.25) is 0 Å². The second-order valence-electron chi connectivity index (χ2n) is 14.3. The van der Waals surface area contributed by atoms with Crippen LogP contribution in [0, 0.1) is 63.1 Å². The van der Waals surface area contributed by atoms with Gasteiger partial charge >= 0.3 is 0 Å². The molecule has 1 aliphatic heterocycles. The Kier molecular flexibility index (Phi) is 4.95. The second kappa shape index (κ2) is 7.11. The van der Waals surface area contributed by atoms with Gasteiger partial charge in [-0.2, -0.15) is 0 Å². The first kappa shape index (κ1) is 24.4. The molecule has 5 fully saturated rings. The Morgan fingerprint density at radius 3 is 2.60 bits per heavy atom. The lowest BCUT2D eigenvalue weighted by molar-refractivity contribution is -0.243. The predicted molar refractivity (Wildman–Crippen MR) is 136 cm³/mol. The second-order valence-corrected chi connectivity index (χ2v) is 14.3. The van der Waals surface area contributed by atoms with Crippen molar-refractivity contribution in [3.63, 3.8) is 0 Å². The molecule has 194 valence electrons. The summed E-state index contributed by atoms with van der Waals surface area (Å²) in [5.74, 6) is 0.512. The van der Waals surface area contributed by atoms with E-state index in [0.29, 0.717) is 29.0 Å². The number of carbonyl (C=O) groups excluding carboxylic acids is 1. The van der Waals surface area contributed by atoms with E-state index in [1.807, 2.05) is 19.9 Å². The third-order valence-corrected chi connectivity index (χ3v) is 13.6. The van der Waals surface area contributed by atoms with E-state index in [2.05, 4.69) is 40.3 Å². The minimum absolute atomic E-state index is 0.0164. The van der Waals surface area contributed by atoms with E-state index in [9.17, 15) is 15.0 Å². The third-order valence-electron chi connectivity index (χ3n) is 13.6. The Bertz CT molecular complexity index is 1000. The van der Waals surface area contributed by atoms with Crippen LogP contribution in [0.25, 0.3) is 0 Å². The molecule has 4 saturated carbocycles. The summed E-state index contributed by atoms with van der Waals surface area (Å²) in [4.78, 5) is 12.5. The summed E-state index contributed by atoms with van der Waals surface area (Å²) in [5.41, 5.74) is 1.78. The molecule has 35 heavy (non-hydrogen) atoms. The van der Waals surface area contributed by atoms with Crippen molar-refractivity contribution in [1.82, 2.24) is 0 Å². The predicted octanol–water partition coefficient (Wildman–Crippen LogP) is 5.53.